The van der Waals surface area contributed by atoms with Crippen molar-refractivity contribution < 1.29 is 15.3 Å². The number of fused-ring (bicyclic) bond motifs is 5. The number of hydrogen-bond acceptors (Lipinski definition) is 3. The highest BCUT2D eigenvalue weighted by Crippen LogP contribution is 2.66. The van der Waals surface area contributed by atoms with Gasteiger partial charge in [-0.2, -0.15) is 0 Å². The van der Waals surface area contributed by atoms with Crippen LogP contribution in [0.5, 0.6) is 0 Å². The fourth-order valence-corrected chi connectivity index (χ4v) is 7.08. The third kappa shape index (κ3) is 2.12. The van der Waals surface area contributed by atoms with Crippen LogP contribution in [0.3, 0.4) is 0 Å². The monoisotopic (exact) mass is 320 g/mol. The summed E-state index contributed by atoms with van der Waals surface area (Å²) in [5.41, 5.74) is 1.57. The summed E-state index contributed by atoms with van der Waals surface area (Å²) in [6.45, 7) is 4.89. The number of rotatable bonds is 1. The molecule has 0 saturated heterocycles. The molecule has 4 aliphatic rings. The average molecular weight is 320 g/mol. The Morgan fingerprint density at radius 3 is 2.57 bits per heavy atom. The molecule has 4 rings (SSSR count). The predicted molar refractivity (Wildman–Crippen MR) is 89.7 cm³/mol. The van der Waals surface area contributed by atoms with Crippen LogP contribution in [0.25, 0.3) is 0 Å². The molecule has 0 aliphatic heterocycles. The van der Waals surface area contributed by atoms with Crippen LogP contribution in [0.15, 0.2) is 11.6 Å². The van der Waals surface area contributed by atoms with E-state index in [0.717, 1.165) is 38.5 Å². The second-order valence-corrected chi connectivity index (χ2v) is 9.28. The molecule has 3 saturated carbocycles. The average Bonchev–Trinajstić information content (AvgIpc) is 2.83. The first kappa shape index (κ1) is 16.1. The Kier molecular flexibility index (Phi) is 3.72. The molecule has 0 radical (unpaired) electrons. The number of aliphatic hydroxyl groups excluding tert-OH is 3. The first-order valence-corrected chi connectivity index (χ1v) is 9.59. The van der Waals surface area contributed by atoms with Crippen LogP contribution < -0.4 is 0 Å². The van der Waals surface area contributed by atoms with E-state index in [2.05, 4.69) is 19.9 Å². The lowest BCUT2D eigenvalue weighted by molar-refractivity contribution is -0.0887. The van der Waals surface area contributed by atoms with E-state index in [9.17, 15) is 15.3 Å². The Hall–Kier alpha value is -0.380. The second-order valence-electron chi connectivity index (χ2n) is 9.28. The molecule has 0 spiro atoms. The van der Waals surface area contributed by atoms with E-state index in [-0.39, 0.29) is 35.6 Å². The van der Waals surface area contributed by atoms with Gasteiger partial charge in [0.2, 0.25) is 0 Å². The number of hydrogen-bond donors (Lipinski definition) is 3. The standard InChI is InChI=1S/C20H32O3/c1-19-7-5-13(22)10-17(19)12(11-21)9-14-15-3-4-18(23)20(15,2)8-6-16(14)19/h10,12-16,18,21-23H,3-9,11H2,1-2H3/t12?,13-,14-,15-,16-,18-,19+,20-/m0/s1. The molecule has 3 N–H and O–H groups in total. The first-order valence-electron chi connectivity index (χ1n) is 9.59. The Morgan fingerprint density at radius 1 is 1.04 bits per heavy atom. The summed E-state index contributed by atoms with van der Waals surface area (Å²) < 4.78 is 0. The summed E-state index contributed by atoms with van der Waals surface area (Å²) >= 11 is 0. The van der Waals surface area contributed by atoms with Crippen molar-refractivity contribution in [1.29, 1.82) is 0 Å². The molecule has 0 aromatic heterocycles. The first-order chi connectivity index (χ1) is 10.9. The zero-order chi connectivity index (χ0) is 16.4. The molecule has 0 bridgehead atoms. The van der Waals surface area contributed by atoms with Crippen LogP contribution in [0, 0.1) is 34.5 Å². The fourth-order valence-electron chi connectivity index (χ4n) is 7.08. The fraction of sp³-hybridized carbons (Fsp3) is 0.900. The van der Waals surface area contributed by atoms with Crippen LogP contribution in [-0.4, -0.2) is 34.1 Å². The highest BCUT2D eigenvalue weighted by Gasteiger charge is 2.60. The summed E-state index contributed by atoms with van der Waals surface area (Å²) in [5, 5.41) is 30.6. The van der Waals surface area contributed by atoms with Crippen LogP contribution in [0.4, 0.5) is 0 Å². The van der Waals surface area contributed by atoms with Crippen molar-refractivity contribution >= 4 is 0 Å². The third-order valence-electron chi connectivity index (χ3n) is 8.41. The van der Waals surface area contributed by atoms with Crippen LogP contribution in [0.2, 0.25) is 0 Å². The summed E-state index contributed by atoms with van der Waals surface area (Å²) in [7, 11) is 0. The van der Waals surface area contributed by atoms with Gasteiger partial charge in [0.05, 0.1) is 12.2 Å². The molecule has 0 aromatic rings. The zero-order valence-electron chi connectivity index (χ0n) is 14.5. The number of aliphatic hydroxyl groups is 3. The van der Waals surface area contributed by atoms with Gasteiger partial charge in [0.25, 0.3) is 0 Å². The highest BCUT2D eigenvalue weighted by atomic mass is 16.3. The van der Waals surface area contributed by atoms with Gasteiger partial charge in [-0.05, 0) is 73.5 Å². The maximum absolute atomic E-state index is 10.5. The lowest BCUT2D eigenvalue weighted by atomic mass is 9.45. The van der Waals surface area contributed by atoms with Crippen molar-refractivity contribution in [3.63, 3.8) is 0 Å². The van der Waals surface area contributed by atoms with Gasteiger partial charge in [0.15, 0.2) is 0 Å². The normalized spacial score (nSPS) is 55.6. The van der Waals surface area contributed by atoms with Crippen molar-refractivity contribution in [1.82, 2.24) is 0 Å². The van der Waals surface area contributed by atoms with Gasteiger partial charge in [-0.25, -0.2) is 0 Å². The van der Waals surface area contributed by atoms with E-state index in [1.165, 1.54) is 12.0 Å². The minimum Gasteiger partial charge on any atom is -0.396 e. The molecule has 3 fully saturated rings. The van der Waals surface area contributed by atoms with Crippen LogP contribution >= 0.6 is 0 Å². The topological polar surface area (TPSA) is 60.7 Å². The van der Waals surface area contributed by atoms with E-state index < -0.39 is 0 Å². The van der Waals surface area contributed by atoms with Gasteiger partial charge in [0.1, 0.15) is 0 Å². The van der Waals surface area contributed by atoms with E-state index in [1.807, 2.05) is 0 Å². The lowest BCUT2D eigenvalue weighted by Gasteiger charge is -2.59. The van der Waals surface area contributed by atoms with Crippen molar-refractivity contribution in [2.75, 3.05) is 6.61 Å². The Balaban J connectivity index is 1.73. The molecule has 8 atom stereocenters. The largest absolute Gasteiger partial charge is 0.396 e. The van der Waals surface area contributed by atoms with Crippen molar-refractivity contribution in [3.8, 4) is 0 Å². The minimum absolute atomic E-state index is 0.0902. The van der Waals surface area contributed by atoms with E-state index in [0.29, 0.717) is 17.8 Å². The van der Waals surface area contributed by atoms with Gasteiger partial charge in [-0.3, -0.25) is 0 Å². The minimum atomic E-state index is -0.328. The van der Waals surface area contributed by atoms with Crippen molar-refractivity contribution in [2.24, 2.45) is 34.5 Å². The van der Waals surface area contributed by atoms with Gasteiger partial charge in [-0.15, -0.1) is 0 Å². The molecule has 3 nitrogen and oxygen atoms in total. The maximum Gasteiger partial charge on any atom is 0.0724 e. The summed E-state index contributed by atoms with van der Waals surface area (Å²) in [4.78, 5) is 0. The third-order valence-corrected chi connectivity index (χ3v) is 8.41. The van der Waals surface area contributed by atoms with E-state index in [1.54, 1.807) is 0 Å². The Bertz CT molecular complexity index is 515. The van der Waals surface area contributed by atoms with Crippen LogP contribution in [-0.2, 0) is 0 Å². The smallest absolute Gasteiger partial charge is 0.0724 e. The van der Waals surface area contributed by atoms with Crippen molar-refractivity contribution in [2.45, 2.75) is 71.0 Å². The quantitative estimate of drug-likeness (QED) is 0.651. The van der Waals surface area contributed by atoms with Gasteiger partial charge in [-0.1, -0.05) is 25.5 Å². The summed E-state index contributed by atoms with van der Waals surface area (Å²) in [6.07, 6.45) is 8.97. The molecular weight excluding hydrogens is 288 g/mol. The Morgan fingerprint density at radius 2 is 1.83 bits per heavy atom. The zero-order valence-corrected chi connectivity index (χ0v) is 14.5. The molecule has 130 valence electrons. The maximum atomic E-state index is 10.5. The molecule has 4 aliphatic carbocycles. The van der Waals surface area contributed by atoms with Gasteiger partial charge < -0.3 is 15.3 Å². The molecular formula is C20H32O3. The molecule has 0 heterocycles. The summed E-state index contributed by atoms with van der Waals surface area (Å²) in [5.74, 6) is 2.10. The highest BCUT2D eigenvalue weighted by molar-refractivity contribution is 5.28. The van der Waals surface area contributed by atoms with E-state index >= 15 is 0 Å². The SMILES string of the molecule is C[C@]12CC[C@H]3[C@@H](CC(CO)C4=C[C@@H](O)CC[C@@]43C)[C@@H]1CC[C@@H]2O. The molecule has 0 amide bonds. The molecule has 3 heteroatoms. The van der Waals surface area contributed by atoms with Gasteiger partial charge >= 0.3 is 0 Å². The van der Waals surface area contributed by atoms with Crippen LogP contribution in [0.1, 0.15) is 58.8 Å². The van der Waals surface area contributed by atoms with E-state index in [4.69, 9.17) is 0 Å². The molecule has 23 heavy (non-hydrogen) atoms. The predicted octanol–water partition coefficient (Wildman–Crippen LogP) is 2.89. The van der Waals surface area contributed by atoms with Crippen molar-refractivity contribution in [3.05, 3.63) is 11.6 Å². The lowest BCUT2D eigenvalue weighted by Crippen LogP contribution is -2.53. The summed E-state index contributed by atoms with van der Waals surface area (Å²) in [6, 6.07) is 0. The Labute approximate surface area is 139 Å². The molecule has 1 unspecified atom stereocenters. The second kappa shape index (κ2) is 5.31. The van der Waals surface area contributed by atoms with Gasteiger partial charge in [0, 0.05) is 12.5 Å². The molecule has 0 aromatic carbocycles.